The van der Waals surface area contributed by atoms with Gasteiger partial charge in [-0.3, -0.25) is 0 Å². The molecular weight excluding hydrogens is 558 g/mol. The maximum atomic E-state index is 6.50. The van der Waals surface area contributed by atoms with Gasteiger partial charge in [0.25, 0.3) is 0 Å². The minimum Gasteiger partial charge on any atom is -0.214 e. The number of hydrogen-bond acceptors (Lipinski definition) is 0. The zero-order valence-electron chi connectivity index (χ0n) is 20.5. The fourth-order valence-corrected chi connectivity index (χ4v) is 4.64. The monoisotopic (exact) mass is 584 g/mol. The first-order valence-corrected chi connectivity index (χ1v) is 12.5. The fraction of sp³-hybridized carbons (Fsp3) is 0.121. The zero-order chi connectivity index (χ0) is 24.7. The van der Waals surface area contributed by atoms with Gasteiger partial charge < -0.3 is 0 Å². The Balaban J connectivity index is 0.000000167. The van der Waals surface area contributed by atoms with Crippen LogP contribution < -0.4 is 0 Å². The summed E-state index contributed by atoms with van der Waals surface area (Å²) in [7, 11) is 0. The third-order valence-electron chi connectivity index (χ3n) is 5.93. The summed E-state index contributed by atoms with van der Waals surface area (Å²) < 4.78 is -0.988. The van der Waals surface area contributed by atoms with Gasteiger partial charge in [0.2, 0.25) is 0 Å². The third kappa shape index (κ3) is 7.13. The van der Waals surface area contributed by atoms with E-state index < -0.39 is 4.33 Å². The van der Waals surface area contributed by atoms with Crippen LogP contribution in [-0.2, 0) is 37.0 Å². The number of hydrogen-bond donors (Lipinski definition) is 0. The first kappa shape index (κ1) is 28.3. The summed E-state index contributed by atoms with van der Waals surface area (Å²) in [6, 6.07) is 44.1. The van der Waals surface area contributed by atoms with Crippen molar-refractivity contribution in [2.24, 2.45) is 0 Å². The number of aryl methyl sites for hydroxylation is 2. The Kier molecular flexibility index (Phi) is 10.4. The Hall–Kier alpha value is -2.31. The molecule has 0 N–H and O–H groups in total. The molecule has 0 atom stereocenters. The Morgan fingerprint density at radius 1 is 0.694 bits per heavy atom. The van der Waals surface area contributed by atoms with Gasteiger partial charge in [0.05, 0.1) is 0 Å². The molecule has 0 radical (unpaired) electrons. The van der Waals surface area contributed by atoms with E-state index in [1.807, 2.05) is 98.8 Å². The van der Waals surface area contributed by atoms with Gasteiger partial charge in [-0.25, -0.2) is 12.1 Å². The molecule has 5 aromatic rings. The molecule has 1 aliphatic carbocycles. The summed E-state index contributed by atoms with van der Waals surface area (Å²) in [5, 5.41) is 0. The van der Waals surface area contributed by atoms with E-state index in [2.05, 4.69) is 42.5 Å². The third-order valence-corrected chi connectivity index (χ3v) is 6.81. The first-order chi connectivity index (χ1) is 16.9. The van der Waals surface area contributed by atoms with Crippen molar-refractivity contribution >= 4 is 23.2 Å². The summed E-state index contributed by atoms with van der Waals surface area (Å²) in [5.41, 5.74) is 9.63. The van der Waals surface area contributed by atoms with Crippen LogP contribution in [0, 0.1) is 19.9 Å². The van der Waals surface area contributed by atoms with Crippen LogP contribution in [0.1, 0.15) is 33.4 Å². The molecule has 0 unspecified atom stereocenters. The van der Waals surface area contributed by atoms with Gasteiger partial charge in [-0.1, -0.05) is 118 Å². The summed E-state index contributed by atoms with van der Waals surface area (Å²) >= 11 is 13.0. The van der Waals surface area contributed by atoms with Crippen molar-refractivity contribution in [3.05, 3.63) is 161 Å². The smallest absolute Gasteiger partial charge is 0.214 e. The van der Waals surface area contributed by atoms with E-state index in [4.69, 9.17) is 23.2 Å². The number of rotatable bonds is 2. The second kappa shape index (κ2) is 13.3. The van der Waals surface area contributed by atoms with Crippen molar-refractivity contribution in [2.75, 3.05) is 0 Å². The van der Waals surface area contributed by atoms with Gasteiger partial charge in [-0.2, -0.15) is 48.0 Å². The quantitative estimate of drug-likeness (QED) is 0.140. The van der Waals surface area contributed by atoms with E-state index in [1.54, 1.807) is 0 Å². The molecule has 0 aliphatic heterocycles. The molecule has 36 heavy (non-hydrogen) atoms. The van der Waals surface area contributed by atoms with Crippen LogP contribution >= 0.6 is 23.2 Å². The van der Waals surface area contributed by atoms with Crippen molar-refractivity contribution in [3.63, 3.8) is 0 Å². The van der Waals surface area contributed by atoms with Crippen LogP contribution in [0.15, 0.2) is 121 Å². The SMILES string of the molecule is Cc1cccc(C(Cl)(Cl)c2cccc(C)c2)c1.[Zr+2].[c-]1cccc2c1Cc1ccccc1-2.c1cc[cH-]c1. The normalized spacial score (nSPS) is 11.0. The van der Waals surface area contributed by atoms with E-state index in [0.717, 1.165) is 28.7 Å². The summed E-state index contributed by atoms with van der Waals surface area (Å²) in [6.07, 6.45) is 1.05. The molecule has 0 spiro atoms. The van der Waals surface area contributed by atoms with E-state index >= 15 is 0 Å². The van der Waals surface area contributed by atoms with Gasteiger partial charge in [0.15, 0.2) is 4.33 Å². The minimum absolute atomic E-state index is 0. The van der Waals surface area contributed by atoms with E-state index in [9.17, 15) is 0 Å². The van der Waals surface area contributed by atoms with E-state index in [0.29, 0.717) is 0 Å². The van der Waals surface area contributed by atoms with Gasteiger partial charge >= 0.3 is 26.2 Å². The number of alkyl halides is 2. The molecule has 1 aliphatic rings. The van der Waals surface area contributed by atoms with E-state index in [-0.39, 0.29) is 26.2 Å². The predicted molar refractivity (Wildman–Crippen MR) is 150 cm³/mol. The maximum Gasteiger partial charge on any atom is 2.00 e. The number of halogens is 2. The van der Waals surface area contributed by atoms with Crippen molar-refractivity contribution in [2.45, 2.75) is 24.6 Å². The molecule has 3 heteroatoms. The van der Waals surface area contributed by atoms with E-state index in [1.165, 1.54) is 22.3 Å². The molecule has 178 valence electrons. The Morgan fingerprint density at radius 3 is 1.83 bits per heavy atom. The molecule has 6 rings (SSSR count). The summed E-state index contributed by atoms with van der Waals surface area (Å²) in [5.74, 6) is 0. The fourth-order valence-electron chi connectivity index (χ4n) is 4.17. The van der Waals surface area contributed by atoms with Gasteiger partial charge in [0, 0.05) is 0 Å². The minimum atomic E-state index is -0.988. The van der Waals surface area contributed by atoms with Crippen molar-refractivity contribution in [3.8, 4) is 11.1 Å². The largest absolute Gasteiger partial charge is 2.00 e. The number of benzene rings is 4. The van der Waals surface area contributed by atoms with Crippen LogP contribution in [-0.4, -0.2) is 0 Å². The van der Waals surface area contributed by atoms with Crippen molar-refractivity contribution in [1.29, 1.82) is 0 Å². The molecule has 0 saturated heterocycles. The van der Waals surface area contributed by atoms with Crippen LogP contribution in [0.2, 0.25) is 0 Å². The van der Waals surface area contributed by atoms with Crippen LogP contribution in [0.5, 0.6) is 0 Å². The molecule has 0 bridgehead atoms. The molecule has 0 amide bonds. The Labute approximate surface area is 244 Å². The average molecular weight is 587 g/mol. The molecule has 0 aromatic heterocycles. The van der Waals surface area contributed by atoms with Crippen LogP contribution in [0.4, 0.5) is 0 Å². The molecule has 5 aromatic carbocycles. The predicted octanol–water partition coefficient (Wildman–Crippen LogP) is 9.44. The Bertz CT molecular complexity index is 1260. The molecule has 0 heterocycles. The molecule has 0 nitrogen and oxygen atoms in total. The standard InChI is InChI=1S/C15H14Cl2.C13H9.C5H5.Zr/c1-11-5-3-7-13(9-11)15(16,17)14-8-4-6-12(2)10-14;1-3-7-12-10(5-1)9-11-6-2-4-8-13(11)12;1-2-4-5-3-1;/h3-10H,1-2H3;1-5,7-8H,9H2;1-5H;/q;2*-1;+2. The van der Waals surface area contributed by atoms with Gasteiger partial charge in [0.1, 0.15) is 0 Å². The zero-order valence-corrected chi connectivity index (χ0v) is 24.5. The van der Waals surface area contributed by atoms with Gasteiger partial charge in [-0.05, 0) is 31.4 Å². The average Bonchev–Trinajstić information content (AvgIpc) is 3.56. The van der Waals surface area contributed by atoms with Crippen molar-refractivity contribution < 1.29 is 26.2 Å². The molecule has 0 fully saturated rings. The van der Waals surface area contributed by atoms with Crippen LogP contribution in [0.25, 0.3) is 11.1 Å². The Morgan fingerprint density at radius 2 is 1.28 bits per heavy atom. The number of fused-ring (bicyclic) bond motifs is 3. The summed E-state index contributed by atoms with van der Waals surface area (Å²) in [4.78, 5) is 0. The second-order valence-electron chi connectivity index (χ2n) is 8.67. The summed E-state index contributed by atoms with van der Waals surface area (Å²) in [6.45, 7) is 4.06. The first-order valence-electron chi connectivity index (χ1n) is 11.7. The van der Waals surface area contributed by atoms with Crippen molar-refractivity contribution in [1.82, 2.24) is 0 Å². The second-order valence-corrected chi connectivity index (χ2v) is 10.00. The van der Waals surface area contributed by atoms with Gasteiger partial charge in [-0.15, -0.1) is 5.56 Å². The molecule has 0 saturated carbocycles. The molecular formula is C33H28Cl2Zr. The topological polar surface area (TPSA) is 0 Å². The van der Waals surface area contributed by atoms with Crippen LogP contribution in [0.3, 0.4) is 0 Å². The maximum absolute atomic E-state index is 6.50.